The van der Waals surface area contributed by atoms with Gasteiger partial charge < -0.3 is 25.2 Å². The van der Waals surface area contributed by atoms with Crippen molar-refractivity contribution in [3.05, 3.63) is 85.4 Å². The lowest BCUT2D eigenvalue weighted by Crippen LogP contribution is -2.54. The summed E-state index contributed by atoms with van der Waals surface area (Å²) in [6.45, 7) is 1.87. The summed E-state index contributed by atoms with van der Waals surface area (Å²) >= 11 is 14.6. The summed E-state index contributed by atoms with van der Waals surface area (Å²) in [4.78, 5) is 27.8. The van der Waals surface area contributed by atoms with Gasteiger partial charge in [0, 0.05) is 35.1 Å². The highest BCUT2D eigenvalue weighted by atomic mass is 127. The molecule has 0 aliphatic heterocycles. The van der Waals surface area contributed by atoms with Gasteiger partial charge in [-0.05, 0) is 71.0 Å². The van der Waals surface area contributed by atoms with E-state index in [4.69, 9.17) is 33.0 Å². The maximum atomic E-state index is 13.4. The predicted octanol–water partition coefficient (Wildman–Crippen LogP) is 4.51. The van der Waals surface area contributed by atoms with Crippen molar-refractivity contribution in [2.24, 2.45) is 0 Å². The standard InChI is InChI=1S/C27H29Cl2IN2O5/c1-2-3-8-25(34)32(16-17-9-10-19(28)15-20(17)29)22-13-18(27(36)31-11-12-33)14-24(26(22)35)37-23-7-5-4-6-21(23)30/h3-10,14-15,22,24,26,33,35H,2,11-13,16H2,1H3,(H,31,36)/t22-,24+,26+/m1/s1. The Kier molecular flexibility index (Phi) is 11.3. The molecule has 3 rings (SSSR count). The van der Waals surface area contributed by atoms with Gasteiger partial charge in [-0.15, -0.1) is 0 Å². The molecule has 7 nitrogen and oxygen atoms in total. The fourth-order valence-electron chi connectivity index (χ4n) is 3.97. The smallest absolute Gasteiger partial charge is 0.247 e. The van der Waals surface area contributed by atoms with Crippen molar-refractivity contribution in [1.82, 2.24) is 10.2 Å². The van der Waals surface area contributed by atoms with E-state index in [-0.39, 0.29) is 32.0 Å². The molecule has 2 amide bonds. The first-order chi connectivity index (χ1) is 17.7. The fourth-order valence-corrected chi connectivity index (χ4v) is 4.96. The van der Waals surface area contributed by atoms with Crippen LogP contribution in [0.25, 0.3) is 0 Å². The summed E-state index contributed by atoms with van der Waals surface area (Å²) in [6, 6.07) is 11.5. The number of para-hydroxylation sites is 1. The van der Waals surface area contributed by atoms with Gasteiger partial charge in [-0.3, -0.25) is 9.59 Å². The van der Waals surface area contributed by atoms with Crippen LogP contribution >= 0.6 is 45.8 Å². The summed E-state index contributed by atoms with van der Waals surface area (Å²) in [7, 11) is 0. The number of allylic oxidation sites excluding steroid dienone is 1. The quantitative estimate of drug-likeness (QED) is 0.258. The molecule has 0 fully saturated rings. The van der Waals surface area contributed by atoms with Crippen LogP contribution < -0.4 is 10.1 Å². The van der Waals surface area contributed by atoms with Gasteiger partial charge in [0.1, 0.15) is 18.0 Å². The lowest BCUT2D eigenvalue weighted by molar-refractivity contribution is -0.134. The summed E-state index contributed by atoms with van der Waals surface area (Å²) in [5.74, 6) is -0.186. The molecule has 1 aliphatic rings. The van der Waals surface area contributed by atoms with E-state index in [0.717, 1.165) is 3.57 Å². The summed E-state index contributed by atoms with van der Waals surface area (Å²) in [5.41, 5.74) is 0.992. The van der Waals surface area contributed by atoms with Crippen LogP contribution in [-0.4, -0.2) is 58.3 Å². The van der Waals surface area contributed by atoms with E-state index < -0.39 is 24.2 Å². The number of hydrogen-bond donors (Lipinski definition) is 3. The van der Waals surface area contributed by atoms with Crippen molar-refractivity contribution in [3.8, 4) is 5.75 Å². The molecule has 3 N–H and O–H groups in total. The Morgan fingerprint density at radius 2 is 2.00 bits per heavy atom. The van der Waals surface area contributed by atoms with Crippen LogP contribution in [0.3, 0.4) is 0 Å². The predicted molar refractivity (Wildman–Crippen MR) is 153 cm³/mol. The van der Waals surface area contributed by atoms with Crippen molar-refractivity contribution >= 4 is 57.6 Å². The number of aliphatic hydroxyl groups excluding tert-OH is 2. The second-order valence-corrected chi connectivity index (χ2v) is 10.5. The van der Waals surface area contributed by atoms with Gasteiger partial charge >= 0.3 is 0 Å². The monoisotopic (exact) mass is 658 g/mol. The summed E-state index contributed by atoms with van der Waals surface area (Å²) in [5, 5.41) is 24.1. The van der Waals surface area contributed by atoms with Gasteiger partial charge in [-0.2, -0.15) is 0 Å². The first-order valence-electron chi connectivity index (χ1n) is 11.8. The Balaban J connectivity index is 2.01. The maximum absolute atomic E-state index is 13.4. The molecule has 37 heavy (non-hydrogen) atoms. The van der Waals surface area contributed by atoms with Gasteiger partial charge in [0.25, 0.3) is 0 Å². The van der Waals surface area contributed by atoms with Gasteiger partial charge in [-0.1, -0.05) is 54.4 Å². The maximum Gasteiger partial charge on any atom is 0.247 e. The highest BCUT2D eigenvalue weighted by molar-refractivity contribution is 14.1. The number of nitrogens with zero attached hydrogens (tertiary/aromatic N) is 1. The Morgan fingerprint density at radius 3 is 2.68 bits per heavy atom. The second-order valence-electron chi connectivity index (χ2n) is 8.46. The van der Waals surface area contributed by atoms with Gasteiger partial charge in [-0.25, -0.2) is 0 Å². The molecule has 2 aromatic rings. The van der Waals surface area contributed by atoms with E-state index in [0.29, 0.717) is 33.4 Å². The highest BCUT2D eigenvalue weighted by Crippen LogP contribution is 2.31. The van der Waals surface area contributed by atoms with E-state index in [1.165, 1.54) is 11.0 Å². The Bertz CT molecular complexity index is 1170. The average molecular weight is 659 g/mol. The van der Waals surface area contributed by atoms with Crippen molar-refractivity contribution in [3.63, 3.8) is 0 Å². The molecular formula is C27H29Cl2IN2O5. The van der Waals surface area contributed by atoms with Crippen LogP contribution in [0.2, 0.25) is 10.0 Å². The Morgan fingerprint density at radius 1 is 1.24 bits per heavy atom. The van der Waals surface area contributed by atoms with E-state index >= 15 is 0 Å². The number of carbonyl (C=O) groups is 2. The number of nitrogens with one attached hydrogen (secondary N) is 1. The van der Waals surface area contributed by atoms with Crippen molar-refractivity contribution in [2.45, 2.75) is 44.6 Å². The zero-order chi connectivity index (χ0) is 26.9. The summed E-state index contributed by atoms with van der Waals surface area (Å²) in [6.07, 6.45) is 3.46. The number of amides is 2. The lowest BCUT2D eigenvalue weighted by atomic mass is 9.87. The van der Waals surface area contributed by atoms with Crippen molar-refractivity contribution < 1.29 is 24.5 Å². The minimum absolute atomic E-state index is 0.0771. The zero-order valence-corrected chi connectivity index (χ0v) is 23.9. The van der Waals surface area contributed by atoms with Gasteiger partial charge in [0.15, 0.2) is 0 Å². The largest absolute Gasteiger partial charge is 0.482 e. The fraction of sp³-hybridized carbons (Fsp3) is 0.333. The third-order valence-corrected chi connectivity index (χ3v) is 7.33. The number of halogens is 3. The minimum Gasteiger partial charge on any atom is -0.482 e. The molecule has 2 aromatic carbocycles. The van der Waals surface area contributed by atoms with Crippen molar-refractivity contribution in [2.75, 3.05) is 13.2 Å². The number of carbonyl (C=O) groups excluding carboxylic acids is 2. The van der Waals surface area contributed by atoms with Crippen molar-refractivity contribution in [1.29, 1.82) is 0 Å². The molecule has 0 bridgehead atoms. The third kappa shape index (κ3) is 7.94. The van der Waals surface area contributed by atoms with E-state index in [9.17, 15) is 14.7 Å². The van der Waals surface area contributed by atoms with Crippen LogP contribution in [0, 0.1) is 3.57 Å². The molecule has 3 atom stereocenters. The molecule has 0 unspecified atom stereocenters. The van der Waals surface area contributed by atoms with Crippen LogP contribution in [0.4, 0.5) is 0 Å². The number of hydrogen-bond acceptors (Lipinski definition) is 5. The number of aliphatic hydroxyl groups is 2. The number of rotatable bonds is 10. The normalized spacial score (nSPS) is 19.4. The number of ether oxygens (including phenoxy) is 1. The molecule has 0 saturated heterocycles. The molecule has 0 radical (unpaired) electrons. The zero-order valence-electron chi connectivity index (χ0n) is 20.2. The lowest BCUT2D eigenvalue weighted by Gasteiger charge is -2.40. The van der Waals surface area contributed by atoms with Crippen LogP contribution in [0.1, 0.15) is 25.3 Å². The average Bonchev–Trinajstić information content (AvgIpc) is 2.88. The highest BCUT2D eigenvalue weighted by Gasteiger charge is 2.40. The van der Waals surface area contributed by atoms with Crippen LogP contribution in [0.5, 0.6) is 5.75 Å². The minimum atomic E-state index is -1.14. The molecule has 1 aliphatic carbocycles. The number of benzene rings is 2. The second kappa shape index (κ2) is 14.2. The van der Waals surface area contributed by atoms with Gasteiger partial charge in [0.05, 0.1) is 16.2 Å². The molecule has 10 heteroatoms. The van der Waals surface area contributed by atoms with Gasteiger partial charge in [0.2, 0.25) is 11.8 Å². The van der Waals surface area contributed by atoms with E-state index in [1.54, 1.807) is 36.4 Å². The van der Waals surface area contributed by atoms with E-state index in [2.05, 4.69) is 27.9 Å². The van der Waals surface area contributed by atoms with Crippen LogP contribution in [0.15, 0.2) is 66.3 Å². The van der Waals surface area contributed by atoms with Crippen LogP contribution in [-0.2, 0) is 16.1 Å². The molecular weight excluding hydrogens is 630 g/mol. The SMILES string of the molecule is CCC=CC(=O)N(Cc1ccc(Cl)cc1Cl)[C@@H]1CC(C(=O)NCCO)=C[C@H](Oc2ccccc2I)[C@H]1O. The first kappa shape index (κ1) is 29.4. The molecule has 0 spiro atoms. The first-order valence-corrected chi connectivity index (χ1v) is 13.7. The molecule has 0 heterocycles. The summed E-state index contributed by atoms with van der Waals surface area (Å²) < 4.78 is 6.99. The topological polar surface area (TPSA) is 99.1 Å². The Hall–Kier alpha value is -2.11. The Labute approximate surface area is 240 Å². The van der Waals surface area contributed by atoms with E-state index in [1.807, 2.05) is 25.1 Å². The molecule has 0 saturated carbocycles. The molecule has 198 valence electrons. The third-order valence-electron chi connectivity index (χ3n) is 5.85. The molecule has 0 aromatic heterocycles.